The molecule has 1 aliphatic carbocycles. The zero-order chi connectivity index (χ0) is 11.7. The fraction of sp³-hybridized carbons (Fsp3) is 0.900. The van der Waals surface area contributed by atoms with Gasteiger partial charge in [-0.3, -0.25) is 0 Å². The molecule has 0 amide bonds. The van der Waals surface area contributed by atoms with Gasteiger partial charge in [-0.05, 0) is 6.42 Å². The van der Waals surface area contributed by atoms with E-state index in [2.05, 4.69) is 10.3 Å². The van der Waals surface area contributed by atoms with Gasteiger partial charge in [-0.15, -0.1) is 0 Å². The number of fused-ring (bicyclic) bond motifs is 1. The number of aliphatic imine (C=N–C) groups is 1. The van der Waals surface area contributed by atoms with Gasteiger partial charge < -0.3 is 25.4 Å². The molecule has 1 heterocycles. The van der Waals surface area contributed by atoms with Crippen molar-refractivity contribution >= 4 is 6.02 Å². The normalized spacial score (nSPS) is 44.2. The second kappa shape index (κ2) is 4.57. The maximum Gasteiger partial charge on any atom is 0.285 e. The summed E-state index contributed by atoms with van der Waals surface area (Å²) in [5.41, 5.74) is 0. The second-order valence-corrected chi connectivity index (χ2v) is 4.27. The van der Waals surface area contributed by atoms with Crippen molar-refractivity contribution in [1.82, 2.24) is 5.32 Å². The van der Waals surface area contributed by atoms with E-state index in [1.807, 2.05) is 6.92 Å². The molecule has 2 rings (SSSR count). The molecule has 0 bridgehead atoms. The molecule has 0 radical (unpaired) electrons. The Balaban J connectivity index is 2.07. The fourth-order valence-electron chi connectivity index (χ4n) is 2.26. The number of hydrogen-bond acceptors (Lipinski definition) is 5. The lowest BCUT2D eigenvalue weighted by molar-refractivity contribution is -0.00879. The van der Waals surface area contributed by atoms with Crippen molar-refractivity contribution in [2.75, 3.05) is 13.2 Å². The molecule has 0 spiro atoms. The summed E-state index contributed by atoms with van der Waals surface area (Å²) in [6.07, 6.45) is -1.35. The van der Waals surface area contributed by atoms with Gasteiger partial charge in [0.15, 0.2) is 0 Å². The van der Waals surface area contributed by atoms with E-state index >= 15 is 0 Å². The monoisotopic (exact) mass is 230 g/mol. The molecule has 1 aliphatic heterocycles. The van der Waals surface area contributed by atoms with Gasteiger partial charge in [0.25, 0.3) is 6.02 Å². The van der Waals surface area contributed by atoms with Crippen LogP contribution in [0.25, 0.3) is 0 Å². The van der Waals surface area contributed by atoms with E-state index in [0.717, 1.165) is 6.42 Å². The van der Waals surface area contributed by atoms with Gasteiger partial charge in [0, 0.05) is 12.5 Å². The van der Waals surface area contributed by atoms with Crippen molar-refractivity contribution in [3.8, 4) is 0 Å². The van der Waals surface area contributed by atoms with Gasteiger partial charge in [-0.1, -0.05) is 6.92 Å². The molecule has 2 fully saturated rings. The third kappa shape index (κ3) is 1.77. The molecule has 92 valence electrons. The number of aliphatic hydroxyl groups excluding tert-OH is 3. The summed E-state index contributed by atoms with van der Waals surface area (Å²) < 4.78 is 5.49. The Kier molecular flexibility index (Phi) is 3.32. The summed E-state index contributed by atoms with van der Waals surface area (Å²) in [5.74, 6) is -0.457. The number of ether oxygens (including phenoxy) is 1. The molecular formula is C10H18N2O4. The Morgan fingerprint density at radius 3 is 2.75 bits per heavy atom. The molecule has 1 saturated heterocycles. The van der Waals surface area contributed by atoms with E-state index < -0.39 is 24.2 Å². The van der Waals surface area contributed by atoms with Crippen LogP contribution in [0.1, 0.15) is 13.3 Å². The Bertz CT molecular complexity index is 284. The van der Waals surface area contributed by atoms with Crippen LogP contribution in [0.2, 0.25) is 0 Å². The second-order valence-electron chi connectivity index (χ2n) is 4.27. The lowest BCUT2D eigenvalue weighted by Gasteiger charge is -2.17. The number of aliphatic hydroxyl groups is 3. The van der Waals surface area contributed by atoms with Crippen LogP contribution in [0.3, 0.4) is 0 Å². The van der Waals surface area contributed by atoms with Crippen molar-refractivity contribution in [2.45, 2.75) is 37.7 Å². The molecule has 4 N–H and O–H groups in total. The van der Waals surface area contributed by atoms with Crippen LogP contribution in [0.5, 0.6) is 0 Å². The summed E-state index contributed by atoms with van der Waals surface area (Å²) in [7, 11) is 0. The predicted octanol–water partition coefficient (Wildman–Crippen LogP) is -1.55. The van der Waals surface area contributed by atoms with Crippen molar-refractivity contribution in [1.29, 1.82) is 0 Å². The standard InChI is InChI=1S/C10H18N2O4/c1-2-3-11-10-12-6-8(15)7(14)5(4-13)9(6)16-10/h5-9,13-15H,2-4H2,1H3,(H,11,12). The Labute approximate surface area is 94.0 Å². The van der Waals surface area contributed by atoms with Crippen molar-refractivity contribution in [3.63, 3.8) is 0 Å². The highest BCUT2D eigenvalue weighted by molar-refractivity contribution is 5.76. The lowest BCUT2D eigenvalue weighted by Crippen LogP contribution is -2.40. The lowest BCUT2D eigenvalue weighted by atomic mass is 10.1. The molecule has 6 nitrogen and oxygen atoms in total. The van der Waals surface area contributed by atoms with Gasteiger partial charge in [0.2, 0.25) is 0 Å². The number of hydrogen-bond donors (Lipinski definition) is 4. The van der Waals surface area contributed by atoms with Crippen molar-refractivity contribution in [3.05, 3.63) is 0 Å². The van der Waals surface area contributed by atoms with Crippen molar-refractivity contribution < 1.29 is 20.1 Å². The van der Waals surface area contributed by atoms with E-state index in [1.165, 1.54) is 0 Å². The summed E-state index contributed by atoms with van der Waals surface area (Å²) in [4.78, 5) is 4.16. The van der Waals surface area contributed by atoms with Crippen LogP contribution in [-0.2, 0) is 4.74 Å². The molecule has 0 aromatic carbocycles. The molecule has 1 saturated carbocycles. The van der Waals surface area contributed by atoms with Crippen molar-refractivity contribution in [2.24, 2.45) is 10.9 Å². The Morgan fingerprint density at radius 2 is 2.12 bits per heavy atom. The molecule has 0 aromatic rings. The van der Waals surface area contributed by atoms with Crippen LogP contribution in [0.15, 0.2) is 4.99 Å². The number of amidine groups is 1. The summed E-state index contributed by atoms with van der Waals surface area (Å²) in [6, 6.07) is 0.0315. The smallest absolute Gasteiger partial charge is 0.285 e. The molecular weight excluding hydrogens is 212 g/mol. The zero-order valence-electron chi connectivity index (χ0n) is 9.21. The van der Waals surface area contributed by atoms with Crippen LogP contribution in [-0.4, -0.2) is 58.8 Å². The third-order valence-corrected chi connectivity index (χ3v) is 3.16. The summed E-state index contributed by atoms with van der Waals surface area (Å²) in [5, 5.41) is 31.5. The van der Waals surface area contributed by atoms with E-state index in [1.54, 1.807) is 0 Å². The van der Waals surface area contributed by atoms with E-state index in [0.29, 0.717) is 12.6 Å². The molecule has 0 aromatic heterocycles. The minimum Gasteiger partial charge on any atom is -0.459 e. The molecule has 5 atom stereocenters. The van der Waals surface area contributed by atoms with Gasteiger partial charge in [0.1, 0.15) is 12.2 Å². The maximum atomic E-state index is 9.75. The number of nitrogens with one attached hydrogen (secondary N) is 1. The highest BCUT2D eigenvalue weighted by atomic mass is 16.5. The highest BCUT2D eigenvalue weighted by Gasteiger charge is 2.54. The van der Waals surface area contributed by atoms with Crippen LogP contribution >= 0.6 is 0 Å². The first-order chi connectivity index (χ1) is 7.69. The van der Waals surface area contributed by atoms with Crippen LogP contribution in [0, 0.1) is 5.92 Å². The molecule has 5 unspecified atom stereocenters. The van der Waals surface area contributed by atoms with E-state index in [9.17, 15) is 10.2 Å². The highest BCUT2D eigenvalue weighted by Crippen LogP contribution is 2.32. The van der Waals surface area contributed by atoms with E-state index in [-0.39, 0.29) is 12.6 Å². The number of nitrogens with zero attached hydrogens (tertiary/aromatic N) is 1. The quantitative estimate of drug-likeness (QED) is 0.471. The molecule has 6 heteroatoms. The Morgan fingerprint density at radius 1 is 1.38 bits per heavy atom. The zero-order valence-corrected chi connectivity index (χ0v) is 9.21. The first-order valence-corrected chi connectivity index (χ1v) is 5.63. The maximum absolute atomic E-state index is 9.75. The topological polar surface area (TPSA) is 94.3 Å². The van der Waals surface area contributed by atoms with Crippen LogP contribution < -0.4 is 5.32 Å². The largest absolute Gasteiger partial charge is 0.459 e. The average Bonchev–Trinajstić information content (AvgIpc) is 2.78. The third-order valence-electron chi connectivity index (χ3n) is 3.16. The first-order valence-electron chi connectivity index (χ1n) is 5.63. The minimum absolute atomic E-state index is 0.206. The SMILES string of the molecule is CCCN=C1NC2C(O)C(O)C(CO)C2O1. The van der Waals surface area contributed by atoms with Crippen LogP contribution in [0.4, 0.5) is 0 Å². The Hall–Kier alpha value is -0.850. The van der Waals surface area contributed by atoms with E-state index in [4.69, 9.17) is 9.84 Å². The first kappa shape index (κ1) is 11.6. The predicted molar refractivity (Wildman–Crippen MR) is 57.0 cm³/mol. The van der Waals surface area contributed by atoms with Gasteiger partial charge in [0.05, 0.1) is 18.8 Å². The number of rotatable bonds is 3. The fourth-order valence-corrected chi connectivity index (χ4v) is 2.26. The summed E-state index contributed by atoms with van der Waals surface area (Å²) >= 11 is 0. The minimum atomic E-state index is -0.944. The molecule has 2 aliphatic rings. The average molecular weight is 230 g/mol. The summed E-state index contributed by atoms with van der Waals surface area (Å²) in [6.45, 7) is 2.46. The van der Waals surface area contributed by atoms with Gasteiger partial charge in [-0.25, -0.2) is 4.99 Å². The molecule has 16 heavy (non-hydrogen) atoms. The van der Waals surface area contributed by atoms with Gasteiger partial charge in [-0.2, -0.15) is 0 Å². The van der Waals surface area contributed by atoms with Gasteiger partial charge >= 0.3 is 0 Å².